The van der Waals surface area contributed by atoms with Crippen LogP contribution in [0, 0.1) is 5.82 Å². The van der Waals surface area contributed by atoms with E-state index >= 15 is 0 Å². The summed E-state index contributed by atoms with van der Waals surface area (Å²) < 4.78 is 42.5. The van der Waals surface area contributed by atoms with Crippen LogP contribution in [-0.4, -0.2) is 21.7 Å². The van der Waals surface area contributed by atoms with Crippen molar-refractivity contribution in [2.75, 3.05) is 13.3 Å². The minimum atomic E-state index is -3.31. The first-order valence-corrected chi connectivity index (χ1v) is 8.21. The van der Waals surface area contributed by atoms with Gasteiger partial charge in [-0.15, -0.1) is 0 Å². The third-order valence-electron chi connectivity index (χ3n) is 2.89. The number of hydrogen-bond acceptors (Lipinski definition) is 4. The van der Waals surface area contributed by atoms with Crippen LogP contribution in [0.25, 0.3) is 0 Å². The third-order valence-corrected chi connectivity index (χ3v) is 4.00. The lowest BCUT2D eigenvalue weighted by Gasteiger charge is -2.12. The van der Waals surface area contributed by atoms with Crippen LogP contribution in [-0.2, 0) is 16.4 Å². The average Bonchev–Trinajstić information content (AvgIpc) is 2.42. The van der Waals surface area contributed by atoms with Gasteiger partial charge in [0.25, 0.3) is 0 Å². The molecular formula is C15H16FNO3S. The van der Waals surface area contributed by atoms with Gasteiger partial charge in [0.2, 0.25) is 0 Å². The Kier molecular flexibility index (Phi) is 4.59. The maximum atomic E-state index is 13.8. The fraction of sp³-hybridized carbons (Fsp3) is 0.200. The summed E-state index contributed by atoms with van der Waals surface area (Å²) in [6.07, 6.45) is 1.13. The Morgan fingerprint density at radius 2 is 1.90 bits per heavy atom. The normalized spacial score (nSPS) is 11.4. The highest BCUT2D eigenvalue weighted by Gasteiger charge is 2.12. The second-order valence-corrected chi connectivity index (χ2v) is 6.61. The van der Waals surface area contributed by atoms with Crippen LogP contribution in [0.1, 0.15) is 5.56 Å². The molecule has 2 aromatic rings. The molecule has 6 heteroatoms. The molecule has 0 fully saturated rings. The van der Waals surface area contributed by atoms with Crippen LogP contribution in [0.15, 0.2) is 47.4 Å². The third kappa shape index (κ3) is 3.80. The van der Waals surface area contributed by atoms with Gasteiger partial charge in [-0.2, -0.15) is 0 Å². The van der Waals surface area contributed by atoms with Gasteiger partial charge in [0, 0.05) is 18.4 Å². The Morgan fingerprint density at radius 1 is 1.19 bits per heavy atom. The standard InChI is InChI=1S/C15H16FNO3S/c1-17-10-13-14(16)7-4-8-15(13)20-11-5-3-6-12(9-11)21(2,18)19/h3-9,17H,10H2,1-2H3. The summed E-state index contributed by atoms with van der Waals surface area (Å²) in [5.74, 6) is 0.331. The van der Waals surface area contributed by atoms with E-state index in [2.05, 4.69) is 5.32 Å². The molecule has 21 heavy (non-hydrogen) atoms. The first-order valence-electron chi connectivity index (χ1n) is 6.32. The molecule has 0 spiro atoms. The molecule has 112 valence electrons. The van der Waals surface area contributed by atoms with Gasteiger partial charge in [-0.3, -0.25) is 0 Å². The molecule has 0 saturated carbocycles. The van der Waals surface area contributed by atoms with Gasteiger partial charge >= 0.3 is 0 Å². The molecule has 0 unspecified atom stereocenters. The molecule has 0 amide bonds. The van der Waals surface area contributed by atoms with Gasteiger partial charge in [-0.05, 0) is 37.4 Å². The van der Waals surface area contributed by atoms with Gasteiger partial charge in [-0.25, -0.2) is 12.8 Å². The Morgan fingerprint density at radius 3 is 2.57 bits per heavy atom. The Bertz CT molecular complexity index is 744. The SMILES string of the molecule is CNCc1c(F)cccc1Oc1cccc(S(C)(=O)=O)c1. The highest BCUT2D eigenvalue weighted by atomic mass is 32.2. The maximum absolute atomic E-state index is 13.8. The summed E-state index contributed by atoms with van der Waals surface area (Å²) in [6, 6.07) is 10.7. The van der Waals surface area contributed by atoms with Crippen molar-refractivity contribution < 1.29 is 17.5 Å². The lowest BCUT2D eigenvalue weighted by atomic mass is 10.2. The molecule has 1 N–H and O–H groups in total. The Balaban J connectivity index is 2.37. The fourth-order valence-electron chi connectivity index (χ4n) is 1.88. The van der Waals surface area contributed by atoms with Gasteiger partial charge < -0.3 is 10.1 Å². The largest absolute Gasteiger partial charge is 0.457 e. The minimum absolute atomic E-state index is 0.159. The zero-order chi connectivity index (χ0) is 15.5. The summed E-state index contributed by atoms with van der Waals surface area (Å²) in [7, 11) is -1.60. The molecule has 0 aliphatic heterocycles. The topological polar surface area (TPSA) is 55.4 Å². The summed E-state index contributed by atoms with van der Waals surface area (Å²) in [5.41, 5.74) is 0.393. The second-order valence-electron chi connectivity index (χ2n) is 4.60. The molecule has 0 radical (unpaired) electrons. The molecule has 4 nitrogen and oxygen atoms in total. The minimum Gasteiger partial charge on any atom is -0.457 e. The Labute approximate surface area is 123 Å². The van der Waals surface area contributed by atoms with Crippen LogP contribution in [0.5, 0.6) is 11.5 Å². The molecule has 2 rings (SSSR count). The van der Waals surface area contributed by atoms with Gasteiger partial charge in [0.05, 0.1) is 4.90 Å². The van der Waals surface area contributed by atoms with E-state index in [1.54, 1.807) is 31.3 Å². The predicted molar refractivity (Wildman–Crippen MR) is 78.8 cm³/mol. The van der Waals surface area contributed by atoms with E-state index in [1.165, 1.54) is 18.2 Å². The molecule has 0 aromatic heterocycles. The predicted octanol–water partition coefficient (Wildman–Crippen LogP) is 2.74. The van der Waals surface area contributed by atoms with E-state index in [0.29, 0.717) is 23.6 Å². The maximum Gasteiger partial charge on any atom is 0.175 e. The van der Waals surface area contributed by atoms with Crippen molar-refractivity contribution in [1.82, 2.24) is 5.32 Å². The summed E-state index contributed by atoms with van der Waals surface area (Å²) in [6.45, 7) is 0.313. The molecule has 0 aliphatic rings. The smallest absolute Gasteiger partial charge is 0.175 e. The van der Waals surface area contributed by atoms with Crippen molar-refractivity contribution in [2.24, 2.45) is 0 Å². The molecule has 0 saturated heterocycles. The quantitative estimate of drug-likeness (QED) is 0.922. The highest BCUT2D eigenvalue weighted by molar-refractivity contribution is 7.90. The summed E-state index contributed by atoms with van der Waals surface area (Å²) >= 11 is 0. The zero-order valence-electron chi connectivity index (χ0n) is 11.8. The number of nitrogens with one attached hydrogen (secondary N) is 1. The average molecular weight is 309 g/mol. The van der Waals surface area contributed by atoms with Crippen LogP contribution in [0.2, 0.25) is 0 Å². The van der Waals surface area contributed by atoms with E-state index in [1.807, 2.05) is 0 Å². The van der Waals surface area contributed by atoms with Gasteiger partial charge in [0.1, 0.15) is 17.3 Å². The van der Waals surface area contributed by atoms with Crippen LogP contribution < -0.4 is 10.1 Å². The number of rotatable bonds is 5. The number of hydrogen-bond donors (Lipinski definition) is 1. The summed E-state index contributed by atoms with van der Waals surface area (Å²) in [5, 5.41) is 2.87. The van der Waals surface area contributed by atoms with E-state index in [-0.39, 0.29) is 10.7 Å². The lowest BCUT2D eigenvalue weighted by Crippen LogP contribution is -2.08. The van der Waals surface area contributed by atoms with Crippen molar-refractivity contribution in [3.63, 3.8) is 0 Å². The number of benzene rings is 2. The number of halogens is 1. The number of ether oxygens (including phenoxy) is 1. The van der Waals surface area contributed by atoms with Crippen LogP contribution in [0.4, 0.5) is 4.39 Å². The van der Waals surface area contributed by atoms with Gasteiger partial charge in [0.15, 0.2) is 9.84 Å². The first kappa shape index (κ1) is 15.5. The monoisotopic (exact) mass is 309 g/mol. The van der Waals surface area contributed by atoms with Crippen molar-refractivity contribution in [3.8, 4) is 11.5 Å². The van der Waals surface area contributed by atoms with Crippen LogP contribution in [0.3, 0.4) is 0 Å². The molecule has 0 heterocycles. The molecule has 0 bridgehead atoms. The van der Waals surface area contributed by atoms with Crippen molar-refractivity contribution in [1.29, 1.82) is 0 Å². The van der Waals surface area contributed by atoms with Crippen molar-refractivity contribution in [3.05, 3.63) is 53.8 Å². The van der Waals surface area contributed by atoms with Gasteiger partial charge in [-0.1, -0.05) is 12.1 Å². The number of sulfone groups is 1. The van der Waals surface area contributed by atoms with Crippen molar-refractivity contribution in [2.45, 2.75) is 11.4 Å². The molecule has 2 aromatic carbocycles. The van der Waals surface area contributed by atoms with Crippen molar-refractivity contribution >= 4 is 9.84 Å². The van der Waals surface area contributed by atoms with E-state index < -0.39 is 9.84 Å². The lowest BCUT2D eigenvalue weighted by molar-refractivity contribution is 0.462. The Hall–Kier alpha value is -1.92. The van der Waals surface area contributed by atoms with E-state index in [9.17, 15) is 12.8 Å². The molecular weight excluding hydrogens is 293 g/mol. The highest BCUT2D eigenvalue weighted by Crippen LogP contribution is 2.28. The fourth-order valence-corrected chi connectivity index (χ4v) is 2.53. The molecule has 0 atom stereocenters. The molecule has 0 aliphatic carbocycles. The zero-order valence-corrected chi connectivity index (χ0v) is 12.6. The summed E-state index contributed by atoms with van der Waals surface area (Å²) in [4.78, 5) is 0.159. The van der Waals surface area contributed by atoms with E-state index in [0.717, 1.165) is 6.26 Å². The van der Waals surface area contributed by atoms with E-state index in [4.69, 9.17) is 4.74 Å². The first-order chi connectivity index (χ1) is 9.91. The second kappa shape index (κ2) is 6.24. The van der Waals surface area contributed by atoms with Crippen LogP contribution >= 0.6 is 0 Å².